The monoisotopic (exact) mass is 289 g/mol. The van der Waals surface area contributed by atoms with Crippen molar-refractivity contribution in [3.8, 4) is 0 Å². The third-order valence-electron chi connectivity index (χ3n) is 2.36. The van der Waals surface area contributed by atoms with Gasteiger partial charge in [-0.25, -0.2) is 0 Å². The van der Waals surface area contributed by atoms with Crippen LogP contribution in [0.5, 0.6) is 0 Å². The number of unbranched alkanes of at least 4 members (excludes halogenated alkanes) is 1. The van der Waals surface area contributed by atoms with Gasteiger partial charge in [-0.1, -0.05) is 61.5 Å². The van der Waals surface area contributed by atoms with Crippen molar-refractivity contribution in [2.45, 2.75) is 49.6 Å². The summed E-state index contributed by atoms with van der Waals surface area (Å²) in [7, 11) is 0. The number of amides is 1. The quantitative estimate of drug-likeness (QED) is 0.583. The highest BCUT2D eigenvalue weighted by molar-refractivity contribution is 6.68. The van der Waals surface area contributed by atoms with Gasteiger partial charge < -0.3 is 10.4 Å². The second-order valence-electron chi connectivity index (χ2n) is 3.70. The zero-order valence-corrected chi connectivity index (χ0v) is 11.7. The Balaban J connectivity index is 4.21. The van der Waals surface area contributed by atoms with Crippen LogP contribution in [0.25, 0.3) is 0 Å². The van der Waals surface area contributed by atoms with E-state index in [0.717, 1.165) is 19.3 Å². The van der Waals surface area contributed by atoms with E-state index in [1.807, 2.05) is 6.92 Å². The van der Waals surface area contributed by atoms with Crippen LogP contribution < -0.4 is 5.32 Å². The normalized spacial score (nSPS) is 15.6. The molecule has 0 aliphatic carbocycles. The van der Waals surface area contributed by atoms with Crippen LogP contribution in [0.1, 0.15) is 39.5 Å². The summed E-state index contributed by atoms with van der Waals surface area (Å²) in [6, 6.07) is 0. The summed E-state index contributed by atoms with van der Waals surface area (Å²) in [5.74, 6) is -0.406. The molecule has 2 unspecified atom stereocenters. The van der Waals surface area contributed by atoms with Gasteiger partial charge in [-0.15, -0.1) is 0 Å². The van der Waals surface area contributed by atoms with E-state index in [1.165, 1.54) is 0 Å². The smallest absolute Gasteiger partial charge is 0.234 e. The zero-order chi connectivity index (χ0) is 12.8. The lowest BCUT2D eigenvalue weighted by Crippen LogP contribution is -2.45. The fourth-order valence-corrected chi connectivity index (χ4v) is 1.47. The van der Waals surface area contributed by atoms with Gasteiger partial charge in [-0.3, -0.25) is 4.79 Å². The van der Waals surface area contributed by atoms with Crippen LogP contribution in [-0.2, 0) is 4.79 Å². The van der Waals surface area contributed by atoms with Crippen LogP contribution in [0.2, 0.25) is 0 Å². The first kappa shape index (κ1) is 16.3. The molecule has 0 aromatic carbocycles. The standard InChI is InChI=1S/C10H18Cl3NO2/c1-3-5-6-7(4-2)8(15)14-9(16)10(11,12)13/h7,9,16H,3-6H2,1-2H3,(H,14,15). The van der Waals surface area contributed by atoms with Gasteiger partial charge in [0.15, 0.2) is 6.23 Å². The lowest BCUT2D eigenvalue weighted by atomic mass is 9.98. The van der Waals surface area contributed by atoms with Gasteiger partial charge in [0.1, 0.15) is 0 Å². The predicted molar refractivity (Wildman–Crippen MR) is 67.7 cm³/mol. The number of alkyl halides is 3. The van der Waals surface area contributed by atoms with Crippen LogP contribution >= 0.6 is 34.8 Å². The largest absolute Gasteiger partial charge is 0.369 e. The van der Waals surface area contributed by atoms with Gasteiger partial charge in [0.05, 0.1) is 0 Å². The fourth-order valence-electron chi connectivity index (χ4n) is 1.31. The Morgan fingerprint density at radius 3 is 2.31 bits per heavy atom. The van der Waals surface area contributed by atoms with Gasteiger partial charge in [0.2, 0.25) is 9.70 Å². The number of aliphatic hydroxyl groups is 1. The summed E-state index contributed by atoms with van der Waals surface area (Å²) in [6.45, 7) is 3.97. The maximum Gasteiger partial charge on any atom is 0.234 e. The van der Waals surface area contributed by atoms with Gasteiger partial charge >= 0.3 is 0 Å². The van der Waals surface area contributed by atoms with E-state index in [9.17, 15) is 9.90 Å². The summed E-state index contributed by atoms with van der Waals surface area (Å²) in [5, 5.41) is 11.7. The van der Waals surface area contributed by atoms with Crippen molar-refractivity contribution < 1.29 is 9.90 Å². The highest BCUT2D eigenvalue weighted by Crippen LogP contribution is 2.29. The highest BCUT2D eigenvalue weighted by atomic mass is 35.6. The summed E-state index contributed by atoms with van der Waals surface area (Å²) < 4.78 is -1.89. The number of carbonyl (C=O) groups excluding carboxylic acids is 1. The predicted octanol–water partition coefficient (Wildman–Crippen LogP) is 3.01. The maximum atomic E-state index is 11.7. The molecule has 1 amide bonds. The Morgan fingerprint density at radius 1 is 1.38 bits per heavy atom. The Kier molecular flexibility index (Phi) is 7.73. The summed E-state index contributed by atoms with van der Waals surface area (Å²) in [4.78, 5) is 11.7. The lowest BCUT2D eigenvalue weighted by Gasteiger charge is -2.22. The molecule has 0 heterocycles. The molecule has 0 spiro atoms. The van der Waals surface area contributed by atoms with Crippen molar-refractivity contribution in [2.24, 2.45) is 5.92 Å². The first-order valence-electron chi connectivity index (χ1n) is 5.38. The molecule has 0 aromatic heterocycles. The van der Waals surface area contributed by atoms with Crippen LogP contribution in [0.3, 0.4) is 0 Å². The molecule has 2 N–H and O–H groups in total. The van der Waals surface area contributed by atoms with Crippen molar-refractivity contribution in [1.29, 1.82) is 0 Å². The summed E-state index contributed by atoms with van der Waals surface area (Å²) >= 11 is 16.3. The van der Waals surface area contributed by atoms with Crippen molar-refractivity contribution in [3.05, 3.63) is 0 Å². The van der Waals surface area contributed by atoms with Crippen molar-refractivity contribution in [3.63, 3.8) is 0 Å². The molecule has 0 saturated carbocycles. The van der Waals surface area contributed by atoms with Gasteiger partial charge in [0, 0.05) is 5.92 Å². The number of hydrogen-bond acceptors (Lipinski definition) is 2. The zero-order valence-electron chi connectivity index (χ0n) is 9.47. The van der Waals surface area contributed by atoms with Crippen LogP contribution in [0.4, 0.5) is 0 Å². The maximum absolute atomic E-state index is 11.7. The molecule has 0 fully saturated rings. The molecule has 0 saturated heterocycles. The number of carbonyl (C=O) groups is 1. The van der Waals surface area contributed by atoms with E-state index in [-0.39, 0.29) is 11.8 Å². The summed E-state index contributed by atoms with van der Waals surface area (Å²) in [5.41, 5.74) is 0. The molecule has 6 heteroatoms. The van der Waals surface area contributed by atoms with Crippen molar-refractivity contribution in [2.75, 3.05) is 0 Å². The van der Waals surface area contributed by atoms with E-state index < -0.39 is 10.0 Å². The second kappa shape index (κ2) is 7.59. The van der Waals surface area contributed by atoms with E-state index >= 15 is 0 Å². The molecule has 0 radical (unpaired) electrons. The minimum absolute atomic E-state index is 0.137. The average molecular weight is 291 g/mol. The summed E-state index contributed by atoms with van der Waals surface area (Å²) in [6.07, 6.45) is 2.01. The average Bonchev–Trinajstić information content (AvgIpc) is 2.17. The SMILES string of the molecule is CCCCC(CC)C(=O)NC(O)C(Cl)(Cl)Cl. The minimum atomic E-state index is -1.89. The molecule has 0 aromatic rings. The number of aliphatic hydroxyl groups excluding tert-OH is 1. The minimum Gasteiger partial charge on any atom is -0.369 e. The second-order valence-corrected chi connectivity index (χ2v) is 6.07. The van der Waals surface area contributed by atoms with Gasteiger partial charge in [-0.2, -0.15) is 0 Å². The van der Waals surface area contributed by atoms with Crippen molar-refractivity contribution in [1.82, 2.24) is 5.32 Å². The van der Waals surface area contributed by atoms with Gasteiger partial charge in [-0.05, 0) is 12.8 Å². The molecule has 2 atom stereocenters. The number of nitrogens with one attached hydrogen (secondary N) is 1. The van der Waals surface area contributed by atoms with Crippen LogP contribution in [-0.4, -0.2) is 21.0 Å². The molecule has 3 nitrogen and oxygen atoms in total. The van der Waals surface area contributed by atoms with Gasteiger partial charge in [0.25, 0.3) is 0 Å². The van der Waals surface area contributed by atoms with E-state index in [0.29, 0.717) is 6.42 Å². The molecule has 0 aliphatic rings. The molecular weight excluding hydrogens is 272 g/mol. The molecule has 96 valence electrons. The fraction of sp³-hybridized carbons (Fsp3) is 0.900. The Hall–Kier alpha value is 0.300. The number of halogens is 3. The van der Waals surface area contributed by atoms with Crippen molar-refractivity contribution >= 4 is 40.7 Å². The first-order valence-corrected chi connectivity index (χ1v) is 6.51. The topological polar surface area (TPSA) is 49.3 Å². The number of hydrogen-bond donors (Lipinski definition) is 2. The van der Waals surface area contributed by atoms with Crippen LogP contribution in [0.15, 0.2) is 0 Å². The number of rotatable bonds is 6. The first-order chi connectivity index (χ1) is 7.32. The Bertz CT molecular complexity index is 219. The van der Waals surface area contributed by atoms with E-state index in [4.69, 9.17) is 34.8 Å². The molecule has 0 rings (SSSR count). The third kappa shape index (κ3) is 6.14. The van der Waals surface area contributed by atoms with E-state index in [2.05, 4.69) is 12.2 Å². The lowest BCUT2D eigenvalue weighted by molar-refractivity contribution is -0.128. The Morgan fingerprint density at radius 2 is 1.94 bits per heavy atom. The van der Waals surface area contributed by atoms with Crippen LogP contribution in [0, 0.1) is 5.92 Å². The third-order valence-corrected chi connectivity index (χ3v) is 2.98. The highest BCUT2D eigenvalue weighted by Gasteiger charge is 2.33. The van der Waals surface area contributed by atoms with E-state index in [1.54, 1.807) is 0 Å². The molecule has 0 aliphatic heterocycles. The Labute approximate surface area is 111 Å². The molecule has 0 bridgehead atoms. The molecular formula is C10H18Cl3NO2. The molecule has 16 heavy (non-hydrogen) atoms.